The van der Waals surface area contributed by atoms with E-state index < -0.39 is 0 Å². The molecule has 0 amide bonds. The molecule has 3 nitrogen and oxygen atoms in total. The summed E-state index contributed by atoms with van der Waals surface area (Å²) >= 11 is 5.16. The molecule has 1 aliphatic rings. The van der Waals surface area contributed by atoms with Crippen LogP contribution >= 0.6 is 12.2 Å². The van der Waals surface area contributed by atoms with Crippen molar-refractivity contribution in [1.82, 2.24) is 10.7 Å². The number of nitrogens with one attached hydrogen (secondary N) is 3. The Kier molecular flexibility index (Phi) is 3.29. The number of rotatable bonds is 3. The molecule has 0 saturated heterocycles. The van der Waals surface area contributed by atoms with Crippen molar-refractivity contribution in [2.45, 2.75) is 32.7 Å². The molecule has 0 heterocycles. The molecule has 0 unspecified atom stereocenters. The zero-order valence-corrected chi connectivity index (χ0v) is 10.4. The van der Waals surface area contributed by atoms with Crippen LogP contribution in [0.4, 0.5) is 5.69 Å². The summed E-state index contributed by atoms with van der Waals surface area (Å²) in [5.74, 6) is 0. The van der Waals surface area contributed by atoms with Gasteiger partial charge in [-0.3, -0.25) is 10.9 Å². The summed E-state index contributed by atoms with van der Waals surface area (Å²) in [5.41, 5.74) is 9.64. The van der Waals surface area contributed by atoms with Gasteiger partial charge in [-0.05, 0) is 56.1 Å². The van der Waals surface area contributed by atoms with E-state index in [-0.39, 0.29) is 0 Å². The monoisotopic (exact) mass is 235 g/mol. The number of hydrogen-bond acceptors (Lipinski definition) is 2. The van der Waals surface area contributed by atoms with Crippen molar-refractivity contribution in [3.63, 3.8) is 0 Å². The molecular formula is C12H17N3S. The van der Waals surface area contributed by atoms with E-state index in [1.165, 1.54) is 24.0 Å². The number of benzene rings is 1. The minimum atomic E-state index is 0.584. The fourth-order valence-electron chi connectivity index (χ4n) is 1.44. The molecule has 1 aromatic carbocycles. The van der Waals surface area contributed by atoms with Crippen molar-refractivity contribution in [2.75, 3.05) is 5.43 Å². The summed E-state index contributed by atoms with van der Waals surface area (Å²) < 4.78 is 0. The van der Waals surface area contributed by atoms with E-state index in [0.717, 1.165) is 5.69 Å². The van der Waals surface area contributed by atoms with Crippen molar-refractivity contribution in [3.8, 4) is 0 Å². The van der Waals surface area contributed by atoms with E-state index in [4.69, 9.17) is 12.2 Å². The van der Waals surface area contributed by atoms with E-state index in [0.29, 0.717) is 11.2 Å². The molecule has 1 aliphatic carbocycles. The molecule has 0 spiro atoms. The normalized spacial score (nSPS) is 14.4. The van der Waals surface area contributed by atoms with E-state index >= 15 is 0 Å². The van der Waals surface area contributed by atoms with Crippen molar-refractivity contribution >= 4 is 23.0 Å². The first-order chi connectivity index (χ1) is 7.65. The maximum Gasteiger partial charge on any atom is 0.185 e. The molecule has 86 valence electrons. The van der Waals surface area contributed by atoms with Crippen LogP contribution in [0.5, 0.6) is 0 Å². The summed E-state index contributed by atoms with van der Waals surface area (Å²) in [7, 11) is 0. The lowest BCUT2D eigenvalue weighted by atomic mass is 10.1. The highest BCUT2D eigenvalue weighted by Crippen LogP contribution is 2.18. The Morgan fingerprint density at radius 2 is 2.06 bits per heavy atom. The summed E-state index contributed by atoms with van der Waals surface area (Å²) in [6.45, 7) is 4.15. The number of anilines is 1. The largest absolute Gasteiger partial charge is 0.359 e. The molecule has 16 heavy (non-hydrogen) atoms. The Balaban J connectivity index is 1.87. The zero-order valence-electron chi connectivity index (χ0n) is 9.63. The number of hydrogen-bond donors (Lipinski definition) is 3. The highest BCUT2D eigenvalue weighted by Gasteiger charge is 2.21. The van der Waals surface area contributed by atoms with Gasteiger partial charge in [-0.25, -0.2) is 0 Å². The molecule has 1 aromatic rings. The minimum absolute atomic E-state index is 0.584. The Morgan fingerprint density at radius 1 is 1.31 bits per heavy atom. The second kappa shape index (κ2) is 4.70. The smallest absolute Gasteiger partial charge is 0.185 e. The first kappa shape index (κ1) is 11.2. The second-order valence-electron chi connectivity index (χ2n) is 4.32. The van der Waals surface area contributed by atoms with Crippen LogP contribution in [0, 0.1) is 13.8 Å². The fraction of sp³-hybridized carbons (Fsp3) is 0.417. The van der Waals surface area contributed by atoms with E-state index in [1.54, 1.807) is 0 Å². The van der Waals surface area contributed by atoms with E-state index in [2.05, 4.69) is 48.2 Å². The van der Waals surface area contributed by atoms with Gasteiger partial charge in [-0.15, -0.1) is 0 Å². The Bertz CT molecular complexity index is 399. The van der Waals surface area contributed by atoms with Gasteiger partial charge < -0.3 is 5.32 Å². The summed E-state index contributed by atoms with van der Waals surface area (Å²) in [6, 6.07) is 6.88. The van der Waals surface area contributed by atoms with Gasteiger partial charge in [0.05, 0.1) is 5.69 Å². The first-order valence-corrected chi connectivity index (χ1v) is 5.96. The third kappa shape index (κ3) is 3.10. The van der Waals surface area contributed by atoms with Gasteiger partial charge in [-0.1, -0.05) is 12.1 Å². The second-order valence-corrected chi connectivity index (χ2v) is 4.72. The molecular weight excluding hydrogens is 218 g/mol. The van der Waals surface area contributed by atoms with Crippen LogP contribution in [0.25, 0.3) is 0 Å². The molecule has 4 heteroatoms. The van der Waals surface area contributed by atoms with Gasteiger partial charge in [0.2, 0.25) is 0 Å². The third-order valence-corrected chi connectivity index (χ3v) is 2.84. The average Bonchev–Trinajstić information content (AvgIpc) is 3.03. The fourth-order valence-corrected chi connectivity index (χ4v) is 1.66. The molecule has 0 atom stereocenters. The van der Waals surface area contributed by atoms with Crippen molar-refractivity contribution in [2.24, 2.45) is 0 Å². The quantitative estimate of drug-likeness (QED) is 0.555. The van der Waals surface area contributed by atoms with Gasteiger partial charge in [-0.2, -0.15) is 0 Å². The average molecular weight is 235 g/mol. The Morgan fingerprint density at radius 3 is 2.75 bits per heavy atom. The highest BCUT2D eigenvalue weighted by atomic mass is 32.1. The van der Waals surface area contributed by atoms with E-state index in [9.17, 15) is 0 Å². The molecule has 1 fully saturated rings. The molecule has 0 bridgehead atoms. The zero-order chi connectivity index (χ0) is 11.5. The van der Waals surface area contributed by atoms with Gasteiger partial charge in [0.15, 0.2) is 5.11 Å². The lowest BCUT2D eigenvalue weighted by Gasteiger charge is -2.14. The molecule has 2 rings (SSSR count). The van der Waals surface area contributed by atoms with Crippen LogP contribution < -0.4 is 16.2 Å². The van der Waals surface area contributed by atoms with Gasteiger partial charge in [0.1, 0.15) is 0 Å². The van der Waals surface area contributed by atoms with Crippen LogP contribution in [-0.4, -0.2) is 11.2 Å². The Hall–Kier alpha value is -1.29. The van der Waals surface area contributed by atoms with Crippen LogP contribution in [0.1, 0.15) is 24.0 Å². The molecule has 3 N–H and O–H groups in total. The van der Waals surface area contributed by atoms with Crippen LogP contribution in [0.15, 0.2) is 18.2 Å². The number of thiocarbonyl (C=S) groups is 1. The van der Waals surface area contributed by atoms with Crippen molar-refractivity contribution < 1.29 is 0 Å². The van der Waals surface area contributed by atoms with Crippen LogP contribution in [0.3, 0.4) is 0 Å². The van der Waals surface area contributed by atoms with Gasteiger partial charge in [0.25, 0.3) is 0 Å². The number of aryl methyl sites for hydroxylation is 2. The van der Waals surface area contributed by atoms with Crippen molar-refractivity contribution in [3.05, 3.63) is 29.3 Å². The molecule has 0 aliphatic heterocycles. The van der Waals surface area contributed by atoms with Gasteiger partial charge in [0, 0.05) is 6.04 Å². The van der Waals surface area contributed by atoms with Crippen molar-refractivity contribution in [1.29, 1.82) is 0 Å². The minimum Gasteiger partial charge on any atom is -0.359 e. The van der Waals surface area contributed by atoms with Gasteiger partial charge >= 0.3 is 0 Å². The molecule has 1 saturated carbocycles. The highest BCUT2D eigenvalue weighted by molar-refractivity contribution is 7.80. The summed E-state index contributed by atoms with van der Waals surface area (Å²) in [6.07, 6.45) is 2.45. The summed E-state index contributed by atoms with van der Waals surface area (Å²) in [4.78, 5) is 0. The maximum absolute atomic E-state index is 5.16. The van der Waals surface area contributed by atoms with E-state index in [1.807, 2.05) is 0 Å². The predicted molar refractivity (Wildman–Crippen MR) is 71.4 cm³/mol. The standard InChI is InChI=1S/C12H17N3S/c1-8-3-4-9(2)11(7-8)14-15-12(16)13-10-5-6-10/h3-4,7,10,14H,5-6H2,1-2H3,(H2,13,15,16). The Labute approximate surface area is 102 Å². The van der Waals surface area contributed by atoms with Crippen LogP contribution in [0.2, 0.25) is 0 Å². The molecule has 0 aromatic heterocycles. The van der Waals surface area contributed by atoms with Crippen LogP contribution in [-0.2, 0) is 0 Å². The third-order valence-electron chi connectivity index (χ3n) is 2.62. The topological polar surface area (TPSA) is 36.1 Å². The SMILES string of the molecule is Cc1ccc(C)c(NNC(=S)NC2CC2)c1. The summed E-state index contributed by atoms with van der Waals surface area (Å²) in [5, 5.41) is 3.89. The molecule has 0 radical (unpaired) electrons. The lowest BCUT2D eigenvalue weighted by Crippen LogP contribution is -2.39. The maximum atomic E-state index is 5.16. The predicted octanol–water partition coefficient (Wildman–Crippen LogP) is 2.26. The first-order valence-electron chi connectivity index (χ1n) is 5.55. The number of hydrazine groups is 1. The lowest BCUT2D eigenvalue weighted by molar-refractivity contribution is 0.879.